The molecule has 0 spiro atoms. The van der Waals surface area contributed by atoms with Crippen LogP contribution in [0.15, 0.2) is 36.8 Å². The van der Waals surface area contributed by atoms with Crippen molar-refractivity contribution < 1.29 is 14.3 Å². The van der Waals surface area contributed by atoms with Gasteiger partial charge in [-0.25, -0.2) is 4.98 Å². The lowest BCUT2D eigenvalue weighted by molar-refractivity contribution is 0.0996. The molecule has 0 radical (unpaired) electrons. The van der Waals surface area contributed by atoms with Crippen LogP contribution in [0.4, 0.5) is 5.69 Å². The van der Waals surface area contributed by atoms with Crippen LogP contribution in [-0.2, 0) is 6.54 Å². The lowest BCUT2D eigenvalue weighted by Crippen LogP contribution is -2.23. The number of hydrogen-bond donors (Lipinski definition) is 0. The summed E-state index contributed by atoms with van der Waals surface area (Å²) in [4.78, 5) is 23.9. The molecule has 1 saturated carbocycles. The second kappa shape index (κ2) is 8.26. The van der Waals surface area contributed by atoms with E-state index in [1.54, 1.807) is 31.5 Å². The standard InChI is InChI=1S/C24H27N5O3/c1-15-6-4-5-7-21(15)29-13-17(12-26-29)28-14-20-18(24(28)30)8-9-19(27-20)16-10-22(31-2)23(32-3)25-11-16/h8-13,15,21H,4-7,14H2,1-3H3. The average molecular weight is 434 g/mol. The summed E-state index contributed by atoms with van der Waals surface area (Å²) < 4.78 is 12.6. The van der Waals surface area contributed by atoms with Crippen molar-refractivity contribution in [3.05, 3.63) is 48.0 Å². The van der Waals surface area contributed by atoms with Crippen molar-refractivity contribution in [3.8, 4) is 22.9 Å². The third kappa shape index (κ3) is 3.49. The monoisotopic (exact) mass is 433 g/mol. The molecule has 2 atom stereocenters. The van der Waals surface area contributed by atoms with Gasteiger partial charge in [0.1, 0.15) is 0 Å². The first-order valence-corrected chi connectivity index (χ1v) is 11.0. The van der Waals surface area contributed by atoms with E-state index in [4.69, 9.17) is 14.5 Å². The molecule has 1 fully saturated rings. The SMILES string of the molecule is COc1cc(-c2ccc3c(n2)CN(c2cnn(C4CCCCC4C)c2)C3=O)cnc1OC. The summed E-state index contributed by atoms with van der Waals surface area (Å²) >= 11 is 0. The molecule has 3 aromatic rings. The highest BCUT2D eigenvalue weighted by atomic mass is 16.5. The number of carbonyl (C=O) groups is 1. The Hall–Kier alpha value is -3.42. The van der Waals surface area contributed by atoms with Crippen LogP contribution in [0.3, 0.4) is 0 Å². The van der Waals surface area contributed by atoms with Crippen LogP contribution in [-0.4, -0.2) is 39.9 Å². The van der Waals surface area contributed by atoms with E-state index < -0.39 is 0 Å². The minimum Gasteiger partial charge on any atom is -0.491 e. The molecule has 0 N–H and O–H groups in total. The van der Waals surface area contributed by atoms with Crippen LogP contribution >= 0.6 is 0 Å². The van der Waals surface area contributed by atoms with Crippen LogP contribution in [0.25, 0.3) is 11.3 Å². The molecule has 166 valence electrons. The predicted molar refractivity (Wildman–Crippen MR) is 120 cm³/mol. The molecule has 0 bridgehead atoms. The smallest absolute Gasteiger partial charge is 0.260 e. The molecule has 1 amide bonds. The largest absolute Gasteiger partial charge is 0.491 e. The maximum atomic E-state index is 13.1. The van der Waals surface area contributed by atoms with Gasteiger partial charge < -0.3 is 9.47 Å². The van der Waals surface area contributed by atoms with Gasteiger partial charge in [-0.15, -0.1) is 0 Å². The minimum absolute atomic E-state index is 0.0410. The molecule has 8 nitrogen and oxygen atoms in total. The maximum Gasteiger partial charge on any atom is 0.260 e. The fourth-order valence-corrected chi connectivity index (χ4v) is 4.76. The van der Waals surface area contributed by atoms with E-state index in [0.717, 1.165) is 29.1 Å². The first-order valence-electron chi connectivity index (χ1n) is 11.0. The lowest BCUT2D eigenvalue weighted by Gasteiger charge is -2.28. The molecule has 8 heteroatoms. The molecule has 2 aliphatic rings. The molecular weight excluding hydrogens is 406 g/mol. The highest BCUT2D eigenvalue weighted by molar-refractivity contribution is 6.09. The van der Waals surface area contributed by atoms with Gasteiger partial charge in [0.05, 0.1) is 55.6 Å². The summed E-state index contributed by atoms with van der Waals surface area (Å²) in [5.74, 6) is 1.51. The Labute approximate surface area is 187 Å². The summed E-state index contributed by atoms with van der Waals surface area (Å²) in [6, 6.07) is 5.92. The van der Waals surface area contributed by atoms with Gasteiger partial charge in [-0.05, 0) is 37.0 Å². The van der Waals surface area contributed by atoms with Gasteiger partial charge in [-0.2, -0.15) is 5.10 Å². The van der Waals surface area contributed by atoms with Crippen molar-refractivity contribution in [1.29, 1.82) is 0 Å². The Kier molecular flexibility index (Phi) is 5.28. The normalized spacial score (nSPS) is 20.3. The third-order valence-corrected chi connectivity index (χ3v) is 6.59. The quantitative estimate of drug-likeness (QED) is 0.598. The van der Waals surface area contributed by atoms with Crippen molar-refractivity contribution >= 4 is 11.6 Å². The number of nitrogens with zero attached hydrogens (tertiary/aromatic N) is 5. The van der Waals surface area contributed by atoms with E-state index in [9.17, 15) is 4.79 Å². The fourth-order valence-electron chi connectivity index (χ4n) is 4.76. The van der Waals surface area contributed by atoms with Crippen molar-refractivity contribution in [2.24, 2.45) is 5.92 Å². The van der Waals surface area contributed by atoms with Gasteiger partial charge in [-0.1, -0.05) is 19.8 Å². The summed E-state index contributed by atoms with van der Waals surface area (Å²) in [6.07, 6.45) is 10.4. The highest BCUT2D eigenvalue weighted by Gasteiger charge is 2.32. The van der Waals surface area contributed by atoms with Gasteiger partial charge in [-0.3, -0.25) is 19.4 Å². The zero-order valence-corrected chi connectivity index (χ0v) is 18.6. The van der Waals surface area contributed by atoms with E-state index in [1.165, 1.54) is 19.3 Å². The number of fused-ring (bicyclic) bond motifs is 1. The zero-order chi connectivity index (χ0) is 22.2. The van der Waals surface area contributed by atoms with Gasteiger partial charge in [0.15, 0.2) is 5.75 Å². The Bertz CT molecular complexity index is 1160. The molecule has 0 saturated heterocycles. The summed E-state index contributed by atoms with van der Waals surface area (Å²) in [6.45, 7) is 2.71. The van der Waals surface area contributed by atoms with Gasteiger partial charge >= 0.3 is 0 Å². The number of amides is 1. The Morgan fingerprint density at radius 2 is 1.94 bits per heavy atom. The van der Waals surface area contributed by atoms with E-state index in [-0.39, 0.29) is 5.91 Å². The number of ether oxygens (including phenoxy) is 2. The molecule has 5 rings (SSSR count). The number of anilines is 1. The molecule has 1 aliphatic heterocycles. The van der Waals surface area contributed by atoms with Crippen LogP contribution in [0, 0.1) is 5.92 Å². The van der Waals surface area contributed by atoms with Gasteiger partial charge in [0.25, 0.3) is 11.8 Å². The van der Waals surface area contributed by atoms with Crippen molar-refractivity contribution in [3.63, 3.8) is 0 Å². The fraction of sp³-hybridized carbons (Fsp3) is 0.417. The van der Waals surface area contributed by atoms with Crippen LogP contribution in [0.2, 0.25) is 0 Å². The van der Waals surface area contributed by atoms with Gasteiger partial charge in [0.2, 0.25) is 0 Å². The topological polar surface area (TPSA) is 82.4 Å². The van der Waals surface area contributed by atoms with Crippen molar-refractivity contribution in [2.45, 2.75) is 45.2 Å². The molecule has 1 aliphatic carbocycles. The third-order valence-electron chi connectivity index (χ3n) is 6.59. The van der Waals surface area contributed by atoms with E-state index in [0.29, 0.717) is 35.7 Å². The number of carbonyl (C=O) groups excluding carboxylic acids is 1. The minimum atomic E-state index is -0.0410. The van der Waals surface area contributed by atoms with Crippen LogP contribution in [0.1, 0.15) is 54.7 Å². The molecular formula is C24H27N5O3. The molecule has 32 heavy (non-hydrogen) atoms. The van der Waals surface area contributed by atoms with Crippen molar-refractivity contribution in [1.82, 2.24) is 19.7 Å². The first kappa shape index (κ1) is 20.5. The van der Waals surface area contributed by atoms with Crippen LogP contribution in [0.5, 0.6) is 11.6 Å². The number of pyridine rings is 2. The van der Waals surface area contributed by atoms with E-state index in [1.807, 2.05) is 29.1 Å². The summed E-state index contributed by atoms with van der Waals surface area (Å²) in [7, 11) is 3.12. The second-order valence-corrected chi connectivity index (χ2v) is 8.53. The Morgan fingerprint density at radius 1 is 1.09 bits per heavy atom. The zero-order valence-electron chi connectivity index (χ0n) is 18.6. The van der Waals surface area contributed by atoms with E-state index >= 15 is 0 Å². The lowest BCUT2D eigenvalue weighted by atomic mass is 9.86. The number of aromatic nitrogens is 4. The summed E-state index contributed by atoms with van der Waals surface area (Å²) in [5.41, 5.74) is 3.73. The van der Waals surface area contributed by atoms with Crippen molar-refractivity contribution in [2.75, 3.05) is 19.1 Å². The molecule has 2 unspecified atom stereocenters. The van der Waals surface area contributed by atoms with Crippen LogP contribution < -0.4 is 14.4 Å². The number of rotatable bonds is 5. The van der Waals surface area contributed by atoms with Gasteiger partial charge in [0, 0.05) is 18.0 Å². The number of hydrogen-bond acceptors (Lipinski definition) is 6. The predicted octanol–water partition coefficient (Wildman–Crippen LogP) is 4.27. The maximum absolute atomic E-state index is 13.1. The second-order valence-electron chi connectivity index (χ2n) is 8.53. The highest BCUT2D eigenvalue weighted by Crippen LogP contribution is 2.36. The Morgan fingerprint density at radius 3 is 2.72 bits per heavy atom. The van der Waals surface area contributed by atoms with E-state index in [2.05, 4.69) is 17.0 Å². The molecule has 3 aromatic heterocycles. The average Bonchev–Trinajstić information content (AvgIpc) is 3.43. The molecule has 0 aromatic carbocycles. The summed E-state index contributed by atoms with van der Waals surface area (Å²) in [5, 5.41) is 4.60. The molecule has 4 heterocycles. The first-order chi connectivity index (χ1) is 15.6. The number of methoxy groups -OCH3 is 2. The Balaban J connectivity index is 1.40.